The lowest BCUT2D eigenvalue weighted by molar-refractivity contribution is 0.0692. The highest BCUT2D eigenvalue weighted by atomic mass is 35.5. The van der Waals surface area contributed by atoms with Crippen molar-refractivity contribution in [3.05, 3.63) is 52.3 Å². The first kappa shape index (κ1) is 15.6. The summed E-state index contributed by atoms with van der Waals surface area (Å²) in [5, 5.41) is 9.27. The zero-order valence-corrected chi connectivity index (χ0v) is 12.6. The van der Waals surface area contributed by atoms with Gasteiger partial charge in [-0.2, -0.15) is 0 Å². The Labute approximate surface area is 130 Å². The van der Waals surface area contributed by atoms with Crippen LogP contribution in [0.4, 0.5) is 5.69 Å². The fraction of sp³-hybridized carbons (Fsp3) is 0. The zero-order chi connectivity index (χ0) is 15.6. The molecule has 0 aliphatic rings. The number of aromatic carboxylic acids is 1. The summed E-state index contributed by atoms with van der Waals surface area (Å²) in [7, 11) is -4.04. The number of nitrogens with one attached hydrogen (secondary N) is 1. The number of carbonyl (C=O) groups is 1. The highest BCUT2D eigenvalue weighted by Gasteiger charge is 2.20. The fourth-order valence-electron chi connectivity index (χ4n) is 1.55. The number of hydrogen-bond donors (Lipinski definition) is 2. The van der Waals surface area contributed by atoms with Crippen molar-refractivity contribution in [1.82, 2.24) is 4.98 Å². The van der Waals surface area contributed by atoms with Gasteiger partial charge in [-0.15, -0.1) is 0 Å². The first-order valence-corrected chi connectivity index (χ1v) is 7.71. The predicted molar refractivity (Wildman–Crippen MR) is 78.5 cm³/mol. The molecule has 6 nitrogen and oxygen atoms in total. The van der Waals surface area contributed by atoms with Gasteiger partial charge >= 0.3 is 5.97 Å². The monoisotopic (exact) mass is 346 g/mol. The van der Waals surface area contributed by atoms with E-state index in [2.05, 4.69) is 9.71 Å². The van der Waals surface area contributed by atoms with Crippen LogP contribution in [0.5, 0.6) is 0 Å². The largest absolute Gasteiger partial charge is 0.476 e. The second-order valence-electron chi connectivity index (χ2n) is 3.92. The summed E-state index contributed by atoms with van der Waals surface area (Å²) in [5.41, 5.74) is -0.560. The van der Waals surface area contributed by atoms with Crippen LogP contribution >= 0.6 is 23.2 Å². The predicted octanol–water partition coefficient (Wildman–Crippen LogP) is 2.89. The van der Waals surface area contributed by atoms with Gasteiger partial charge in [-0.05, 0) is 30.3 Å². The normalized spacial score (nSPS) is 11.1. The van der Waals surface area contributed by atoms with E-state index < -0.39 is 21.7 Å². The lowest BCUT2D eigenvalue weighted by atomic mass is 10.3. The van der Waals surface area contributed by atoms with Gasteiger partial charge in [0.05, 0.1) is 10.6 Å². The van der Waals surface area contributed by atoms with Crippen LogP contribution in [0.1, 0.15) is 10.5 Å². The molecule has 9 heteroatoms. The molecule has 0 spiro atoms. The molecule has 0 saturated carbocycles. The Hall–Kier alpha value is -1.83. The van der Waals surface area contributed by atoms with Gasteiger partial charge in [0.1, 0.15) is 0 Å². The van der Waals surface area contributed by atoms with Crippen molar-refractivity contribution in [2.24, 2.45) is 0 Å². The fourth-order valence-corrected chi connectivity index (χ4v) is 3.34. The molecular weight excluding hydrogens is 339 g/mol. The Balaban J connectivity index is 2.45. The molecule has 0 atom stereocenters. The first-order valence-electron chi connectivity index (χ1n) is 5.47. The van der Waals surface area contributed by atoms with E-state index in [1.54, 1.807) is 0 Å². The highest BCUT2D eigenvalue weighted by molar-refractivity contribution is 7.92. The quantitative estimate of drug-likeness (QED) is 0.887. The van der Waals surface area contributed by atoms with Gasteiger partial charge in [0.2, 0.25) is 0 Å². The van der Waals surface area contributed by atoms with Gasteiger partial charge in [-0.25, -0.2) is 18.2 Å². The van der Waals surface area contributed by atoms with Crippen LogP contribution in [0.3, 0.4) is 0 Å². The summed E-state index contributed by atoms with van der Waals surface area (Å²) < 4.78 is 26.6. The first-order chi connectivity index (χ1) is 9.79. The Kier molecular flexibility index (Phi) is 4.36. The lowest BCUT2D eigenvalue weighted by Gasteiger charge is -2.10. The van der Waals surface area contributed by atoms with E-state index in [0.717, 1.165) is 0 Å². The minimum atomic E-state index is -4.04. The Morgan fingerprint density at radius 2 is 1.81 bits per heavy atom. The average molecular weight is 347 g/mol. The second-order valence-corrected chi connectivity index (χ2v) is 6.47. The molecule has 0 aliphatic heterocycles. The summed E-state index contributed by atoms with van der Waals surface area (Å²) in [6.45, 7) is 0. The molecule has 0 aliphatic carbocycles. The van der Waals surface area contributed by atoms with Gasteiger partial charge in [0.15, 0.2) is 5.69 Å². The molecule has 21 heavy (non-hydrogen) atoms. The Morgan fingerprint density at radius 3 is 2.38 bits per heavy atom. The van der Waals surface area contributed by atoms with Gasteiger partial charge in [0.25, 0.3) is 10.0 Å². The van der Waals surface area contributed by atoms with Crippen molar-refractivity contribution in [1.29, 1.82) is 0 Å². The average Bonchev–Trinajstić information content (AvgIpc) is 2.37. The van der Waals surface area contributed by atoms with E-state index in [1.165, 1.54) is 36.5 Å². The highest BCUT2D eigenvalue weighted by Crippen LogP contribution is 2.24. The Morgan fingerprint density at radius 1 is 1.19 bits per heavy atom. The molecule has 0 unspecified atom stereocenters. The topological polar surface area (TPSA) is 96.4 Å². The van der Waals surface area contributed by atoms with E-state index >= 15 is 0 Å². The van der Waals surface area contributed by atoms with Gasteiger partial charge in [-0.3, -0.25) is 4.72 Å². The van der Waals surface area contributed by atoms with Crippen molar-refractivity contribution in [3.63, 3.8) is 0 Å². The van der Waals surface area contributed by atoms with Crippen LogP contribution in [0.15, 0.2) is 41.4 Å². The second kappa shape index (κ2) is 5.88. The third kappa shape index (κ3) is 3.63. The smallest absolute Gasteiger partial charge is 0.356 e. The third-order valence-electron chi connectivity index (χ3n) is 2.40. The van der Waals surface area contributed by atoms with E-state index in [1.807, 2.05) is 0 Å². The Bertz CT molecular complexity index is 788. The van der Waals surface area contributed by atoms with Crippen LogP contribution in [0, 0.1) is 0 Å². The maximum Gasteiger partial charge on any atom is 0.356 e. The number of hydrogen-bond acceptors (Lipinski definition) is 4. The molecule has 2 N–H and O–H groups in total. The minimum Gasteiger partial charge on any atom is -0.476 e. The van der Waals surface area contributed by atoms with Crippen molar-refractivity contribution >= 4 is 44.9 Å². The standard InChI is InChI=1S/C12H8Cl2N2O4S/c13-7-4-8(14)6-9(5-7)21(19,20)16-10-2-1-3-15-11(10)12(17)18/h1-6,16H,(H,17,18). The molecule has 1 aromatic carbocycles. The third-order valence-corrected chi connectivity index (χ3v) is 4.18. The van der Waals surface area contributed by atoms with Gasteiger partial charge in [-0.1, -0.05) is 23.2 Å². The lowest BCUT2D eigenvalue weighted by Crippen LogP contribution is -2.16. The zero-order valence-electron chi connectivity index (χ0n) is 10.2. The number of pyridine rings is 1. The summed E-state index contributed by atoms with van der Waals surface area (Å²) in [5.74, 6) is -1.35. The molecule has 1 heterocycles. The molecule has 0 bridgehead atoms. The maximum atomic E-state index is 12.2. The van der Waals surface area contributed by atoms with Crippen LogP contribution < -0.4 is 4.72 Å². The molecule has 0 radical (unpaired) electrons. The van der Waals surface area contributed by atoms with Gasteiger partial charge < -0.3 is 5.11 Å². The number of carboxylic acids is 1. The summed E-state index contributed by atoms with van der Waals surface area (Å²) >= 11 is 11.5. The number of carboxylic acid groups (broad SMARTS) is 1. The summed E-state index contributed by atoms with van der Waals surface area (Å²) in [6.07, 6.45) is 1.25. The van der Waals surface area contributed by atoms with E-state index in [4.69, 9.17) is 28.3 Å². The van der Waals surface area contributed by atoms with Crippen LogP contribution in [-0.2, 0) is 10.0 Å². The number of anilines is 1. The van der Waals surface area contributed by atoms with E-state index in [9.17, 15) is 13.2 Å². The SMILES string of the molecule is O=C(O)c1ncccc1NS(=O)(=O)c1cc(Cl)cc(Cl)c1. The van der Waals surface area contributed by atoms with Crippen molar-refractivity contribution < 1.29 is 18.3 Å². The van der Waals surface area contributed by atoms with Crippen molar-refractivity contribution in [3.8, 4) is 0 Å². The molecule has 2 rings (SSSR count). The molecule has 0 fully saturated rings. The van der Waals surface area contributed by atoms with Crippen molar-refractivity contribution in [2.45, 2.75) is 4.90 Å². The van der Waals surface area contributed by atoms with Crippen LogP contribution in [0.2, 0.25) is 10.0 Å². The van der Waals surface area contributed by atoms with Crippen LogP contribution in [-0.4, -0.2) is 24.5 Å². The molecule has 110 valence electrons. The van der Waals surface area contributed by atoms with Crippen molar-refractivity contribution in [2.75, 3.05) is 4.72 Å². The van der Waals surface area contributed by atoms with E-state index in [-0.39, 0.29) is 20.6 Å². The number of nitrogens with zero attached hydrogens (tertiary/aromatic N) is 1. The van der Waals surface area contributed by atoms with Crippen LogP contribution in [0.25, 0.3) is 0 Å². The molecule has 0 saturated heterocycles. The molecule has 1 aromatic heterocycles. The minimum absolute atomic E-state index is 0.146. The number of halogens is 2. The number of aromatic nitrogens is 1. The number of rotatable bonds is 4. The summed E-state index contributed by atoms with van der Waals surface area (Å²) in [6, 6.07) is 6.49. The maximum absolute atomic E-state index is 12.2. The molecule has 0 amide bonds. The number of benzene rings is 1. The molecule has 2 aromatic rings. The summed E-state index contributed by atoms with van der Waals surface area (Å²) in [4.78, 5) is 14.4. The van der Waals surface area contributed by atoms with E-state index in [0.29, 0.717) is 0 Å². The number of sulfonamides is 1. The molecular formula is C12H8Cl2N2O4S. The van der Waals surface area contributed by atoms with Gasteiger partial charge in [0, 0.05) is 16.2 Å².